The van der Waals surface area contributed by atoms with Gasteiger partial charge < -0.3 is 25.8 Å². The molecule has 1 aliphatic heterocycles. The Balaban J connectivity index is 1.84. The molecule has 0 bridgehead atoms. The molecule has 1 atom stereocenters. The Hall–Kier alpha value is -2.61. The van der Waals surface area contributed by atoms with Crippen molar-refractivity contribution in [3.8, 4) is 0 Å². The van der Waals surface area contributed by atoms with E-state index >= 15 is 0 Å². The molecule has 2 amide bonds. The van der Waals surface area contributed by atoms with Gasteiger partial charge in [-0.25, -0.2) is 0 Å². The summed E-state index contributed by atoms with van der Waals surface area (Å²) in [6.45, 7) is 4.32. The number of likely N-dealkylation sites (tertiary alicyclic amines) is 1. The zero-order chi connectivity index (χ0) is 20.5. The summed E-state index contributed by atoms with van der Waals surface area (Å²) < 4.78 is 0. The van der Waals surface area contributed by atoms with Gasteiger partial charge in [-0.3, -0.25) is 14.6 Å². The first-order chi connectivity index (χ1) is 13.4. The van der Waals surface area contributed by atoms with Gasteiger partial charge in [0.15, 0.2) is 5.96 Å². The molecule has 0 saturated carbocycles. The monoisotopic (exact) mass is 388 g/mol. The van der Waals surface area contributed by atoms with Gasteiger partial charge >= 0.3 is 0 Å². The second kappa shape index (κ2) is 10.7. The molecule has 2 rings (SSSR count). The highest BCUT2D eigenvalue weighted by molar-refractivity contribution is 5.92. The van der Waals surface area contributed by atoms with Crippen molar-refractivity contribution >= 4 is 23.5 Å². The van der Waals surface area contributed by atoms with E-state index in [4.69, 9.17) is 0 Å². The van der Waals surface area contributed by atoms with Crippen LogP contribution in [0.3, 0.4) is 0 Å². The van der Waals surface area contributed by atoms with Gasteiger partial charge in [-0.2, -0.15) is 0 Å². The number of amides is 2. The van der Waals surface area contributed by atoms with E-state index in [9.17, 15) is 9.59 Å². The number of likely N-dealkylation sites (N-methyl/N-ethyl adjacent to an activating group) is 1. The number of rotatable bonds is 7. The molecule has 1 saturated heterocycles. The third-order valence-corrected chi connectivity index (χ3v) is 4.54. The second-order valence-electron chi connectivity index (χ2n) is 7.24. The van der Waals surface area contributed by atoms with Crippen molar-refractivity contribution in [2.45, 2.75) is 32.4 Å². The van der Waals surface area contributed by atoms with Crippen molar-refractivity contribution in [1.29, 1.82) is 0 Å². The summed E-state index contributed by atoms with van der Waals surface area (Å²) in [6, 6.07) is 7.95. The van der Waals surface area contributed by atoms with Crippen LogP contribution in [0.1, 0.15) is 25.3 Å². The van der Waals surface area contributed by atoms with Gasteiger partial charge in [0.1, 0.15) is 0 Å². The molecule has 1 aromatic rings. The lowest BCUT2D eigenvalue weighted by atomic mass is 10.2. The van der Waals surface area contributed by atoms with Crippen LogP contribution >= 0.6 is 0 Å². The predicted octanol–water partition coefficient (Wildman–Crippen LogP) is 0.863. The van der Waals surface area contributed by atoms with E-state index in [1.165, 1.54) is 0 Å². The summed E-state index contributed by atoms with van der Waals surface area (Å²) >= 11 is 0. The number of guanidine groups is 1. The maximum absolute atomic E-state index is 11.9. The van der Waals surface area contributed by atoms with E-state index in [1.807, 2.05) is 55.1 Å². The number of hydrogen-bond acceptors (Lipinski definition) is 4. The second-order valence-corrected chi connectivity index (χ2v) is 7.24. The molecule has 0 radical (unpaired) electrons. The maximum atomic E-state index is 11.9. The van der Waals surface area contributed by atoms with Crippen LogP contribution in [0.4, 0.5) is 5.69 Å². The topological polar surface area (TPSA) is 89.1 Å². The quantitative estimate of drug-likeness (QED) is 0.476. The minimum absolute atomic E-state index is 0.0417. The van der Waals surface area contributed by atoms with E-state index in [-0.39, 0.29) is 17.9 Å². The zero-order valence-electron chi connectivity index (χ0n) is 17.3. The van der Waals surface area contributed by atoms with Crippen molar-refractivity contribution in [2.24, 2.45) is 4.99 Å². The molecule has 1 heterocycles. The summed E-state index contributed by atoms with van der Waals surface area (Å²) in [6.07, 6.45) is 1.46. The predicted molar refractivity (Wildman–Crippen MR) is 112 cm³/mol. The largest absolute Gasteiger partial charge is 0.352 e. The van der Waals surface area contributed by atoms with Gasteiger partial charge in [-0.15, -0.1) is 0 Å². The fourth-order valence-corrected chi connectivity index (χ4v) is 3.15. The van der Waals surface area contributed by atoms with Gasteiger partial charge in [0.2, 0.25) is 11.8 Å². The summed E-state index contributed by atoms with van der Waals surface area (Å²) in [7, 11) is 5.46. The molecular weight excluding hydrogens is 356 g/mol. The van der Waals surface area contributed by atoms with Crippen molar-refractivity contribution in [2.75, 3.05) is 46.1 Å². The van der Waals surface area contributed by atoms with Crippen LogP contribution in [0, 0.1) is 0 Å². The molecule has 3 N–H and O–H groups in total. The summed E-state index contributed by atoms with van der Waals surface area (Å²) in [5.41, 5.74) is 1.82. The highest BCUT2D eigenvalue weighted by atomic mass is 16.2. The summed E-state index contributed by atoms with van der Waals surface area (Å²) in [5.74, 6) is 0.859. The molecule has 28 heavy (non-hydrogen) atoms. The number of anilines is 1. The molecule has 0 aromatic heterocycles. The minimum atomic E-state index is -0.0417. The third kappa shape index (κ3) is 6.84. The first-order valence-corrected chi connectivity index (χ1v) is 9.69. The summed E-state index contributed by atoms with van der Waals surface area (Å²) in [5, 5.41) is 9.58. The fourth-order valence-electron chi connectivity index (χ4n) is 3.15. The van der Waals surface area contributed by atoms with Crippen molar-refractivity contribution in [3.63, 3.8) is 0 Å². The molecule has 154 valence electrons. The lowest BCUT2D eigenvalue weighted by Gasteiger charge is -2.19. The molecule has 1 aliphatic rings. The molecule has 1 fully saturated rings. The highest BCUT2D eigenvalue weighted by Crippen LogP contribution is 2.12. The first kappa shape index (κ1) is 21.7. The maximum Gasteiger partial charge on any atom is 0.238 e. The van der Waals surface area contributed by atoms with Crippen LogP contribution in [0.5, 0.6) is 0 Å². The smallest absolute Gasteiger partial charge is 0.238 e. The zero-order valence-corrected chi connectivity index (χ0v) is 17.3. The molecule has 0 aliphatic carbocycles. The number of carbonyl (C=O) groups is 2. The normalized spacial score (nSPS) is 17.0. The fraction of sp³-hybridized carbons (Fsp3) is 0.550. The lowest BCUT2D eigenvalue weighted by Crippen LogP contribution is -2.44. The SMILES string of the molecule is CCC(=O)N1CCC(NC(=NC)NCc2cccc(NC(=O)CN(C)C)c2)C1. The Labute approximate surface area is 167 Å². The Morgan fingerprint density at radius 3 is 2.79 bits per heavy atom. The average Bonchev–Trinajstić information content (AvgIpc) is 3.12. The van der Waals surface area contributed by atoms with Crippen LogP contribution in [0.25, 0.3) is 0 Å². The molecule has 1 unspecified atom stereocenters. The highest BCUT2D eigenvalue weighted by Gasteiger charge is 2.25. The Morgan fingerprint density at radius 1 is 1.32 bits per heavy atom. The standard InChI is InChI=1S/C20H32N6O2/c1-5-19(28)26-10-9-17(13-26)24-20(21-2)22-12-15-7-6-8-16(11-15)23-18(27)14-25(3)4/h6-8,11,17H,5,9-10,12-14H2,1-4H3,(H,23,27)(H2,21,22,24). The number of aliphatic imine (C=N–C) groups is 1. The van der Waals surface area contributed by atoms with Crippen LogP contribution in [0.15, 0.2) is 29.3 Å². The summed E-state index contributed by atoms with van der Waals surface area (Å²) in [4.78, 5) is 31.7. The van der Waals surface area contributed by atoms with Gasteiger partial charge in [0, 0.05) is 44.8 Å². The minimum Gasteiger partial charge on any atom is -0.352 e. The van der Waals surface area contributed by atoms with Crippen molar-refractivity contribution in [3.05, 3.63) is 29.8 Å². The number of nitrogens with one attached hydrogen (secondary N) is 3. The Kier molecular flexibility index (Phi) is 8.25. The van der Waals surface area contributed by atoms with E-state index in [0.717, 1.165) is 24.2 Å². The van der Waals surface area contributed by atoms with Crippen LogP contribution in [0.2, 0.25) is 0 Å². The van der Waals surface area contributed by atoms with Crippen molar-refractivity contribution in [1.82, 2.24) is 20.4 Å². The number of nitrogens with zero attached hydrogens (tertiary/aromatic N) is 3. The molecule has 0 spiro atoms. The number of carbonyl (C=O) groups excluding carboxylic acids is 2. The van der Waals surface area contributed by atoms with Crippen molar-refractivity contribution < 1.29 is 9.59 Å². The van der Waals surface area contributed by atoms with E-state index in [2.05, 4.69) is 20.9 Å². The van der Waals surface area contributed by atoms with Crippen LogP contribution in [-0.2, 0) is 16.1 Å². The van der Waals surface area contributed by atoms with Crippen LogP contribution < -0.4 is 16.0 Å². The first-order valence-electron chi connectivity index (χ1n) is 9.69. The van der Waals surface area contributed by atoms with E-state index in [1.54, 1.807) is 7.05 Å². The molecule has 8 nitrogen and oxygen atoms in total. The number of hydrogen-bond donors (Lipinski definition) is 3. The molecule has 1 aromatic carbocycles. The third-order valence-electron chi connectivity index (χ3n) is 4.54. The Morgan fingerprint density at radius 2 is 2.11 bits per heavy atom. The van der Waals surface area contributed by atoms with Gasteiger partial charge in [-0.05, 0) is 38.2 Å². The lowest BCUT2D eigenvalue weighted by molar-refractivity contribution is -0.129. The van der Waals surface area contributed by atoms with E-state index < -0.39 is 0 Å². The molecule has 8 heteroatoms. The van der Waals surface area contributed by atoms with Gasteiger partial charge in [0.05, 0.1) is 6.54 Å². The average molecular weight is 389 g/mol. The van der Waals surface area contributed by atoms with E-state index in [0.29, 0.717) is 32.0 Å². The Bertz CT molecular complexity index is 704. The molecular formula is C20H32N6O2. The van der Waals surface area contributed by atoms with Crippen LogP contribution in [-0.4, -0.2) is 74.4 Å². The number of benzene rings is 1. The van der Waals surface area contributed by atoms with Gasteiger partial charge in [0.25, 0.3) is 0 Å². The van der Waals surface area contributed by atoms with Gasteiger partial charge in [-0.1, -0.05) is 19.1 Å².